The summed E-state index contributed by atoms with van der Waals surface area (Å²) < 4.78 is 33.3. The molecule has 0 radical (unpaired) electrons. The molecule has 0 spiro atoms. The third kappa shape index (κ3) is 2.36. The van der Waals surface area contributed by atoms with Crippen LogP contribution in [-0.4, -0.2) is 73.1 Å². The number of aryl methyl sites for hydroxylation is 1. The number of likely N-dealkylation sites (tertiary alicyclic amines) is 1. The fourth-order valence-electron chi connectivity index (χ4n) is 2.71. The first kappa shape index (κ1) is 15.2. The molecule has 0 aromatic carbocycles. The summed E-state index contributed by atoms with van der Waals surface area (Å²) in [5.41, 5.74) is 0. The molecule has 2 amide bonds. The summed E-state index contributed by atoms with van der Waals surface area (Å²) in [6.07, 6.45) is 1.84. The van der Waals surface area contributed by atoms with E-state index in [1.807, 2.05) is 0 Å². The minimum absolute atomic E-state index is 0.0783. The van der Waals surface area contributed by atoms with E-state index in [9.17, 15) is 18.0 Å². The van der Waals surface area contributed by atoms with Crippen molar-refractivity contribution in [2.24, 2.45) is 7.05 Å². The molecule has 3 heterocycles. The molecule has 12 heteroatoms. The number of carbonyl (C=O) groups is 2. The number of aromatic nitrogens is 3. The van der Waals surface area contributed by atoms with Crippen molar-refractivity contribution in [3.05, 3.63) is 6.33 Å². The van der Waals surface area contributed by atoms with Crippen LogP contribution < -0.4 is 0 Å². The lowest BCUT2D eigenvalue weighted by atomic mass is 10.0. The molecule has 2 aliphatic heterocycles. The Balaban J connectivity index is 1.64. The van der Waals surface area contributed by atoms with Gasteiger partial charge in [0, 0.05) is 13.6 Å². The van der Waals surface area contributed by atoms with Crippen molar-refractivity contribution in [3.8, 4) is 0 Å². The normalized spacial score (nSPS) is 24.4. The molecule has 22 heavy (non-hydrogen) atoms. The molecule has 2 atom stereocenters. The van der Waals surface area contributed by atoms with Gasteiger partial charge in [0.2, 0.25) is 5.91 Å². The molecular weight excluding hydrogens is 334 g/mol. The second kappa shape index (κ2) is 5.21. The molecule has 0 aliphatic carbocycles. The van der Waals surface area contributed by atoms with Crippen molar-refractivity contribution in [1.29, 1.82) is 0 Å². The Hall–Kier alpha value is -1.66. The Morgan fingerprint density at radius 1 is 1.55 bits per heavy atom. The van der Waals surface area contributed by atoms with Gasteiger partial charge in [-0.25, -0.2) is 4.31 Å². The van der Waals surface area contributed by atoms with E-state index in [2.05, 4.69) is 10.2 Å². The second-order valence-corrected chi connectivity index (χ2v) is 7.24. The third-order valence-corrected chi connectivity index (χ3v) is 5.67. The zero-order chi connectivity index (χ0) is 16.1. The summed E-state index contributed by atoms with van der Waals surface area (Å²) >= 11 is 1.19. The highest BCUT2D eigenvalue weighted by atomic mass is 32.2. The molecule has 3 rings (SSSR count). The Bertz CT molecular complexity index is 732. The SMILES string of the molecule is Cn1cnnc1SCC(=O)N1CC[C@@H]2[C@H]1C(=O)N2S(=O)(=O)O. The number of nitrogens with zero attached hydrogens (tertiary/aromatic N) is 5. The fourth-order valence-corrected chi connectivity index (χ4v) is 4.38. The molecule has 1 N–H and O–H groups in total. The van der Waals surface area contributed by atoms with Gasteiger partial charge in [0.15, 0.2) is 5.16 Å². The number of rotatable bonds is 4. The number of fused-ring (bicyclic) bond motifs is 1. The molecule has 1 aromatic rings. The van der Waals surface area contributed by atoms with Crippen LogP contribution in [0.3, 0.4) is 0 Å². The second-order valence-electron chi connectivity index (χ2n) is 5.01. The first-order chi connectivity index (χ1) is 10.3. The number of hydrogen-bond donors (Lipinski definition) is 1. The van der Waals surface area contributed by atoms with Crippen LogP contribution in [0, 0.1) is 0 Å². The summed E-state index contributed by atoms with van der Waals surface area (Å²) in [5.74, 6) is -0.958. The minimum Gasteiger partial charge on any atom is -0.328 e. The number of β-lactam (4-membered cyclic amide) rings is 1. The third-order valence-electron chi connectivity index (χ3n) is 3.70. The Morgan fingerprint density at radius 3 is 2.86 bits per heavy atom. The Morgan fingerprint density at radius 2 is 2.27 bits per heavy atom. The van der Waals surface area contributed by atoms with Crippen LogP contribution in [0.1, 0.15) is 6.42 Å². The van der Waals surface area contributed by atoms with Crippen LogP contribution in [0.25, 0.3) is 0 Å². The van der Waals surface area contributed by atoms with Gasteiger partial charge in [0.25, 0.3) is 5.91 Å². The highest BCUT2D eigenvalue weighted by molar-refractivity contribution is 7.99. The standard InChI is InChI=1S/C10H13N5O5S2/c1-13-5-11-12-10(13)21-4-7(16)14-3-2-6-8(14)9(17)15(6)22(18,19)20/h5-6,8H,2-4H2,1H3,(H,18,19,20)/t6-,8+/m1/s1. The lowest BCUT2D eigenvalue weighted by Crippen LogP contribution is -2.68. The van der Waals surface area contributed by atoms with E-state index >= 15 is 0 Å². The first-order valence-corrected chi connectivity index (χ1v) is 8.76. The van der Waals surface area contributed by atoms with Gasteiger partial charge < -0.3 is 9.47 Å². The summed E-state index contributed by atoms with van der Waals surface area (Å²) in [6.45, 7) is 0.283. The Labute approximate surface area is 130 Å². The molecule has 120 valence electrons. The number of thioether (sulfide) groups is 1. The lowest BCUT2D eigenvalue weighted by molar-refractivity contribution is -0.150. The van der Waals surface area contributed by atoms with Gasteiger partial charge in [-0.2, -0.15) is 8.42 Å². The van der Waals surface area contributed by atoms with Gasteiger partial charge in [0.1, 0.15) is 12.4 Å². The van der Waals surface area contributed by atoms with Gasteiger partial charge in [0.05, 0.1) is 11.8 Å². The van der Waals surface area contributed by atoms with Gasteiger partial charge in [-0.05, 0) is 6.42 Å². The van der Waals surface area contributed by atoms with Gasteiger partial charge in [-0.1, -0.05) is 11.8 Å². The van der Waals surface area contributed by atoms with Crippen molar-refractivity contribution in [2.45, 2.75) is 23.7 Å². The van der Waals surface area contributed by atoms with Crippen LogP contribution >= 0.6 is 11.8 Å². The van der Waals surface area contributed by atoms with Crippen LogP contribution in [0.4, 0.5) is 0 Å². The quantitative estimate of drug-likeness (QED) is 0.397. The number of hydrogen-bond acceptors (Lipinski definition) is 7. The van der Waals surface area contributed by atoms with Gasteiger partial charge in [-0.3, -0.25) is 14.1 Å². The summed E-state index contributed by atoms with van der Waals surface area (Å²) in [5, 5.41) is 8.11. The highest BCUT2D eigenvalue weighted by Crippen LogP contribution is 2.36. The molecule has 0 unspecified atom stereocenters. The van der Waals surface area contributed by atoms with E-state index in [1.165, 1.54) is 23.0 Å². The van der Waals surface area contributed by atoms with Crippen molar-refractivity contribution < 1.29 is 22.6 Å². The van der Waals surface area contributed by atoms with Crippen LogP contribution in [0.15, 0.2) is 11.5 Å². The first-order valence-electron chi connectivity index (χ1n) is 6.37. The zero-order valence-corrected chi connectivity index (χ0v) is 13.1. The van der Waals surface area contributed by atoms with E-state index in [0.29, 0.717) is 15.9 Å². The number of amides is 2. The average Bonchev–Trinajstić information content (AvgIpc) is 2.98. The van der Waals surface area contributed by atoms with Gasteiger partial charge in [-0.15, -0.1) is 10.2 Å². The van der Waals surface area contributed by atoms with Crippen LogP contribution in [0.5, 0.6) is 0 Å². The molecule has 2 fully saturated rings. The van der Waals surface area contributed by atoms with E-state index in [-0.39, 0.29) is 18.2 Å². The fraction of sp³-hybridized carbons (Fsp3) is 0.600. The van der Waals surface area contributed by atoms with Crippen molar-refractivity contribution in [1.82, 2.24) is 24.0 Å². The summed E-state index contributed by atoms with van der Waals surface area (Å²) in [7, 11) is -2.80. The topological polar surface area (TPSA) is 126 Å². The maximum atomic E-state index is 12.2. The lowest BCUT2D eigenvalue weighted by Gasteiger charge is -2.42. The predicted molar refractivity (Wildman–Crippen MR) is 74.0 cm³/mol. The van der Waals surface area contributed by atoms with Gasteiger partial charge >= 0.3 is 10.3 Å². The van der Waals surface area contributed by atoms with E-state index in [0.717, 1.165) is 0 Å². The predicted octanol–water partition coefficient (Wildman–Crippen LogP) is -1.48. The molecule has 2 saturated heterocycles. The van der Waals surface area contributed by atoms with Crippen molar-refractivity contribution >= 4 is 33.9 Å². The highest BCUT2D eigenvalue weighted by Gasteiger charge is 2.59. The Kier molecular flexibility index (Phi) is 3.61. The summed E-state index contributed by atoms with van der Waals surface area (Å²) in [6, 6.07) is -1.46. The zero-order valence-electron chi connectivity index (χ0n) is 11.5. The van der Waals surface area contributed by atoms with Crippen LogP contribution in [-0.2, 0) is 26.9 Å². The molecule has 1 aromatic heterocycles. The maximum Gasteiger partial charge on any atom is 0.362 e. The molecule has 0 saturated carbocycles. The minimum atomic E-state index is -4.55. The molecule has 10 nitrogen and oxygen atoms in total. The molecule has 2 aliphatic rings. The van der Waals surface area contributed by atoms with Crippen molar-refractivity contribution in [3.63, 3.8) is 0 Å². The van der Waals surface area contributed by atoms with Crippen molar-refractivity contribution in [2.75, 3.05) is 12.3 Å². The van der Waals surface area contributed by atoms with E-state index in [4.69, 9.17) is 4.55 Å². The molecule has 0 bridgehead atoms. The average molecular weight is 347 g/mol. The van der Waals surface area contributed by atoms with E-state index in [1.54, 1.807) is 11.6 Å². The largest absolute Gasteiger partial charge is 0.362 e. The summed E-state index contributed by atoms with van der Waals surface area (Å²) in [4.78, 5) is 25.4. The monoisotopic (exact) mass is 347 g/mol. The maximum absolute atomic E-state index is 12.2. The molecular formula is C10H13N5O5S2. The smallest absolute Gasteiger partial charge is 0.328 e. The van der Waals surface area contributed by atoms with E-state index < -0.39 is 28.3 Å². The number of carbonyl (C=O) groups excluding carboxylic acids is 2. The van der Waals surface area contributed by atoms with Crippen LogP contribution in [0.2, 0.25) is 0 Å².